The molecule has 0 fully saturated rings. The van der Waals surface area contributed by atoms with Crippen LogP contribution in [0.3, 0.4) is 0 Å². The fraction of sp³-hybridized carbons (Fsp3) is 0.407. The molecule has 4 N–H and O–H groups in total. The van der Waals surface area contributed by atoms with Gasteiger partial charge in [-0.05, 0) is 61.0 Å². The molecule has 1 aromatic carbocycles. The highest BCUT2D eigenvalue weighted by Gasteiger charge is 2.21. The van der Waals surface area contributed by atoms with Crippen molar-refractivity contribution in [2.45, 2.75) is 66.5 Å². The van der Waals surface area contributed by atoms with Crippen LogP contribution in [0.2, 0.25) is 0 Å². The zero-order valence-corrected chi connectivity index (χ0v) is 19.6. The topological polar surface area (TPSA) is 55.3 Å². The number of hydrogen-bond donors (Lipinski definition) is 2. The number of unbranched alkanes of at least 4 members (excludes halogenated alkanes) is 1. The zero-order valence-electron chi connectivity index (χ0n) is 19.6. The van der Waals surface area contributed by atoms with Crippen LogP contribution in [0, 0.1) is 0 Å². The molecule has 0 aliphatic carbocycles. The zero-order chi connectivity index (χ0) is 22.7. The van der Waals surface area contributed by atoms with Gasteiger partial charge in [-0.25, -0.2) is 0 Å². The summed E-state index contributed by atoms with van der Waals surface area (Å²) in [6, 6.07) is 8.49. The standard InChI is InChI=1S/C27H41N3/c1-8-10-11-21(5)30(19-25-14-12-24(18-29)13-15-25)27(22(6)20(3)4)23(7)26(9-2)16-17-28/h12-16H,3,5,7-11,17-19,28-29H2,1-2,4,6H3/b26-16+,27-22+. The first-order chi connectivity index (χ1) is 14.3. The molecule has 3 nitrogen and oxygen atoms in total. The second-order valence-corrected chi connectivity index (χ2v) is 7.83. The van der Waals surface area contributed by atoms with E-state index in [2.05, 4.69) is 75.7 Å². The van der Waals surface area contributed by atoms with E-state index in [-0.39, 0.29) is 0 Å². The van der Waals surface area contributed by atoms with Gasteiger partial charge in [-0.3, -0.25) is 0 Å². The minimum Gasteiger partial charge on any atom is -0.341 e. The average molecular weight is 408 g/mol. The number of allylic oxidation sites excluding steroid dienone is 4. The molecule has 0 aliphatic heterocycles. The second-order valence-electron chi connectivity index (χ2n) is 7.83. The van der Waals surface area contributed by atoms with Gasteiger partial charge in [0.2, 0.25) is 0 Å². The summed E-state index contributed by atoms with van der Waals surface area (Å²) in [6.45, 7) is 23.4. The lowest BCUT2D eigenvalue weighted by atomic mass is 9.94. The summed E-state index contributed by atoms with van der Waals surface area (Å²) in [5.41, 5.74) is 20.5. The molecule has 0 aliphatic rings. The lowest BCUT2D eigenvalue weighted by Gasteiger charge is -2.33. The molecule has 164 valence electrons. The lowest BCUT2D eigenvalue weighted by Crippen LogP contribution is -2.25. The Bertz CT molecular complexity index is 794. The monoisotopic (exact) mass is 407 g/mol. The molecule has 0 aromatic heterocycles. The van der Waals surface area contributed by atoms with Gasteiger partial charge in [-0.2, -0.15) is 0 Å². The number of hydrogen-bond acceptors (Lipinski definition) is 3. The van der Waals surface area contributed by atoms with Crippen LogP contribution in [0.5, 0.6) is 0 Å². The maximum Gasteiger partial charge on any atom is 0.0513 e. The molecule has 0 spiro atoms. The fourth-order valence-corrected chi connectivity index (χ4v) is 3.40. The largest absolute Gasteiger partial charge is 0.341 e. The molecule has 0 amide bonds. The van der Waals surface area contributed by atoms with Gasteiger partial charge in [-0.1, -0.05) is 75.9 Å². The third-order valence-corrected chi connectivity index (χ3v) is 5.48. The summed E-state index contributed by atoms with van der Waals surface area (Å²) < 4.78 is 0. The van der Waals surface area contributed by atoms with Gasteiger partial charge in [0.1, 0.15) is 0 Å². The molecule has 0 radical (unpaired) electrons. The Balaban J connectivity index is 3.52. The van der Waals surface area contributed by atoms with Crippen molar-refractivity contribution >= 4 is 0 Å². The minimum absolute atomic E-state index is 0.499. The van der Waals surface area contributed by atoms with Crippen molar-refractivity contribution < 1.29 is 0 Å². The van der Waals surface area contributed by atoms with Crippen molar-refractivity contribution in [3.63, 3.8) is 0 Å². The van der Waals surface area contributed by atoms with Crippen molar-refractivity contribution in [3.8, 4) is 0 Å². The Kier molecular flexibility index (Phi) is 11.2. The average Bonchev–Trinajstić information content (AvgIpc) is 2.75. The first-order valence-electron chi connectivity index (χ1n) is 11.0. The summed E-state index contributed by atoms with van der Waals surface area (Å²) in [7, 11) is 0. The van der Waals surface area contributed by atoms with Gasteiger partial charge in [0.15, 0.2) is 0 Å². The van der Waals surface area contributed by atoms with Gasteiger partial charge < -0.3 is 16.4 Å². The highest BCUT2D eigenvalue weighted by atomic mass is 15.1. The Morgan fingerprint density at radius 2 is 1.60 bits per heavy atom. The van der Waals surface area contributed by atoms with E-state index >= 15 is 0 Å². The third-order valence-electron chi connectivity index (χ3n) is 5.48. The van der Waals surface area contributed by atoms with E-state index in [4.69, 9.17) is 11.5 Å². The van der Waals surface area contributed by atoms with E-state index < -0.39 is 0 Å². The van der Waals surface area contributed by atoms with Crippen molar-refractivity contribution in [3.05, 3.63) is 94.9 Å². The summed E-state index contributed by atoms with van der Waals surface area (Å²) in [6.07, 6.45) is 6.12. The predicted octanol–water partition coefficient (Wildman–Crippen LogP) is 6.35. The summed E-state index contributed by atoms with van der Waals surface area (Å²) >= 11 is 0. The summed E-state index contributed by atoms with van der Waals surface area (Å²) in [5, 5.41) is 0. The number of benzene rings is 1. The highest BCUT2D eigenvalue weighted by Crippen LogP contribution is 2.33. The smallest absolute Gasteiger partial charge is 0.0513 e. The third kappa shape index (κ3) is 7.16. The van der Waals surface area contributed by atoms with Gasteiger partial charge in [0.25, 0.3) is 0 Å². The molecular formula is C27H41N3. The van der Waals surface area contributed by atoms with Crippen LogP contribution in [0.4, 0.5) is 0 Å². The van der Waals surface area contributed by atoms with Crippen molar-refractivity contribution in [2.24, 2.45) is 11.5 Å². The van der Waals surface area contributed by atoms with Gasteiger partial charge >= 0.3 is 0 Å². The van der Waals surface area contributed by atoms with E-state index in [1.165, 1.54) is 11.1 Å². The molecule has 0 atom stereocenters. The normalized spacial score (nSPS) is 12.4. The van der Waals surface area contributed by atoms with E-state index in [9.17, 15) is 0 Å². The van der Waals surface area contributed by atoms with Crippen LogP contribution in [0.15, 0.2) is 83.8 Å². The molecule has 1 aromatic rings. The Labute approximate surface area is 184 Å². The van der Waals surface area contributed by atoms with Crippen molar-refractivity contribution in [1.82, 2.24) is 4.90 Å². The second kappa shape index (κ2) is 13.0. The highest BCUT2D eigenvalue weighted by molar-refractivity contribution is 5.51. The van der Waals surface area contributed by atoms with Gasteiger partial charge in [0, 0.05) is 25.3 Å². The van der Waals surface area contributed by atoms with Crippen molar-refractivity contribution in [1.29, 1.82) is 0 Å². The Morgan fingerprint density at radius 1 is 1.00 bits per heavy atom. The molecular weight excluding hydrogens is 366 g/mol. The SMILES string of the molecule is C=C(C)/C(C)=C(\C(=C)/C(=C/CN)CC)N(Cc1ccc(CN)cc1)C(=C)CCCC. The maximum atomic E-state index is 5.84. The molecule has 1 rings (SSSR count). The molecule has 3 heteroatoms. The van der Waals surface area contributed by atoms with Crippen LogP contribution >= 0.6 is 0 Å². The van der Waals surface area contributed by atoms with E-state index in [1.54, 1.807) is 0 Å². The molecule has 0 unspecified atom stereocenters. The van der Waals surface area contributed by atoms with E-state index in [0.717, 1.165) is 65.9 Å². The lowest BCUT2D eigenvalue weighted by molar-refractivity contribution is 0.405. The molecule has 0 heterocycles. The quantitative estimate of drug-likeness (QED) is 0.374. The minimum atomic E-state index is 0.499. The number of nitrogens with two attached hydrogens (primary N) is 2. The van der Waals surface area contributed by atoms with Gasteiger partial charge in [-0.15, -0.1) is 0 Å². The van der Waals surface area contributed by atoms with Crippen LogP contribution < -0.4 is 11.5 Å². The van der Waals surface area contributed by atoms with Gasteiger partial charge in [0.05, 0.1) is 5.70 Å². The molecule has 0 saturated heterocycles. The van der Waals surface area contributed by atoms with Crippen molar-refractivity contribution in [2.75, 3.05) is 6.54 Å². The Hall–Kier alpha value is -2.36. The number of nitrogens with zero attached hydrogens (tertiary/aromatic N) is 1. The first kappa shape index (κ1) is 25.7. The predicted molar refractivity (Wildman–Crippen MR) is 133 cm³/mol. The molecule has 30 heavy (non-hydrogen) atoms. The maximum absolute atomic E-state index is 5.84. The Morgan fingerprint density at radius 3 is 2.07 bits per heavy atom. The van der Waals surface area contributed by atoms with Crippen LogP contribution in [0.25, 0.3) is 0 Å². The molecule has 0 bridgehead atoms. The van der Waals surface area contributed by atoms with Crippen LogP contribution in [-0.2, 0) is 13.1 Å². The fourth-order valence-electron chi connectivity index (χ4n) is 3.40. The van der Waals surface area contributed by atoms with Crippen LogP contribution in [0.1, 0.15) is 64.5 Å². The summed E-state index contributed by atoms with van der Waals surface area (Å²) in [4.78, 5) is 2.32. The summed E-state index contributed by atoms with van der Waals surface area (Å²) in [5.74, 6) is 0. The number of rotatable bonds is 13. The van der Waals surface area contributed by atoms with E-state index in [1.807, 2.05) is 6.92 Å². The van der Waals surface area contributed by atoms with Crippen LogP contribution in [-0.4, -0.2) is 11.4 Å². The van der Waals surface area contributed by atoms with E-state index in [0.29, 0.717) is 13.1 Å². The molecule has 0 saturated carbocycles. The first-order valence-corrected chi connectivity index (χ1v) is 11.0.